The summed E-state index contributed by atoms with van der Waals surface area (Å²) >= 11 is 0. The SMILES string of the molecule is Cc1cccc2oc(CCNC(=O)Cc3cccc(C(F)F)c3)nc12. The highest BCUT2D eigenvalue weighted by Crippen LogP contribution is 2.20. The molecule has 130 valence electrons. The van der Waals surface area contributed by atoms with E-state index in [0.717, 1.165) is 16.7 Å². The van der Waals surface area contributed by atoms with Gasteiger partial charge in [0.15, 0.2) is 11.5 Å². The first-order chi connectivity index (χ1) is 12.0. The molecular weight excluding hydrogens is 326 g/mol. The number of nitrogens with zero attached hydrogens (tertiary/aromatic N) is 1. The third-order valence-corrected chi connectivity index (χ3v) is 3.89. The van der Waals surface area contributed by atoms with Gasteiger partial charge in [-0.15, -0.1) is 0 Å². The highest BCUT2D eigenvalue weighted by atomic mass is 19.3. The van der Waals surface area contributed by atoms with Crippen LogP contribution < -0.4 is 5.32 Å². The van der Waals surface area contributed by atoms with Gasteiger partial charge in [-0.05, 0) is 30.2 Å². The van der Waals surface area contributed by atoms with Crippen molar-refractivity contribution in [3.05, 3.63) is 65.0 Å². The van der Waals surface area contributed by atoms with Gasteiger partial charge in [-0.2, -0.15) is 0 Å². The monoisotopic (exact) mass is 344 g/mol. The molecule has 4 nitrogen and oxygen atoms in total. The fraction of sp³-hybridized carbons (Fsp3) is 0.263. The lowest BCUT2D eigenvalue weighted by atomic mass is 10.1. The van der Waals surface area contributed by atoms with Gasteiger partial charge in [-0.1, -0.05) is 30.3 Å². The quantitative estimate of drug-likeness (QED) is 0.736. The molecule has 3 rings (SSSR count). The van der Waals surface area contributed by atoms with Crippen LogP contribution in [0.1, 0.15) is 29.0 Å². The third-order valence-electron chi connectivity index (χ3n) is 3.89. The Balaban J connectivity index is 1.53. The Bertz CT molecular complexity index is 890. The molecule has 0 aliphatic carbocycles. The standard InChI is InChI=1S/C19H18F2N2O2/c1-12-4-2-7-15-18(12)23-17(25-15)8-9-22-16(24)11-13-5-3-6-14(10-13)19(20)21/h2-7,10,19H,8-9,11H2,1H3,(H,22,24). The van der Waals surface area contributed by atoms with Crippen molar-refractivity contribution in [3.8, 4) is 0 Å². The van der Waals surface area contributed by atoms with Crippen LogP contribution in [0.25, 0.3) is 11.1 Å². The number of alkyl halides is 2. The van der Waals surface area contributed by atoms with Gasteiger partial charge in [-0.25, -0.2) is 13.8 Å². The number of oxazole rings is 1. The minimum Gasteiger partial charge on any atom is -0.441 e. The molecule has 3 aromatic rings. The topological polar surface area (TPSA) is 55.1 Å². The molecule has 1 amide bonds. The minimum absolute atomic E-state index is 0.0627. The van der Waals surface area contributed by atoms with E-state index in [1.54, 1.807) is 6.07 Å². The molecule has 1 heterocycles. The van der Waals surface area contributed by atoms with Crippen molar-refractivity contribution in [1.29, 1.82) is 0 Å². The number of benzene rings is 2. The van der Waals surface area contributed by atoms with Gasteiger partial charge in [0.25, 0.3) is 6.43 Å². The molecule has 1 aromatic heterocycles. The van der Waals surface area contributed by atoms with Gasteiger partial charge in [0, 0.05) is 18.5 Å². The van der Waals surface area contributed by atoms with E-state index in [2.05, 4.69) is 10.3 Å². The maximum Gasteiger partial charge on any atom is 0.263 e. The maximum atomic E-state index is 12.7. The number of amides is 1. The average molecular weight is 344 g/mol. The molecule has 0 atom stereocenters. The van der Waals surface area contributed by atoms with Gasteiger partial charge < -0.3 is 9.73 Å². The van der Waals surface area contributed by atoms with Crippen molar-refractivity contribution in [2.45, 2.75) is 26.2 Å². The molecule has 0 aliphatic rings. The van der Waals surface area contributed by atoms with Crippen molar-refractivity contribution < 1.29 is 18.0 Å². The third kappa shape index (κ3) is 4.21. The normalized spacial score (nSPS) is 11.2. The molecule has 0 saturated carbocycles. The number of aryl methyl sites for hydroxylation is 1. The Morgan fingerprint density at radius 3 is 2.80 bits per heavy atom. The maximum absolute atomic E-state index is 12.7. The lowest BCUT2D eigenvalue weighted by Gasteiger charge is -2.06. The van der Waals surface area contributed by atoms with E-state index in [-0.39, 0.29) is 17.9 Å². The summed E-state index contributed by atoms with van der Waals surface area (Å²) in [5.41, 5.74) is 3.08. The Morgan fingerprint density at radius 1 is 1.24 bits per heavy atom. The molecule has 0 spiro atoms. The Labute approximate surface area is 143 Å². The van der Waals surface area contributed by atoms with Gasteiger partial charge in [0.2, 0.25) is 5.91 Å². The Morgan fingerprint density at radius 2 is 2.04 bits per heavy atom. The molecule has 0 radical (unpaired) electrons. The van der Waals surface area contributed by atoms with E-state index < -0.39 is 6.43 Å². The number of para-hydroxylation sites is 1. The number of halogens is 2. The molecule has 0 fully saturated rings. The lowest BCUT2D eigenvalue weighted by molar-refractivity contribution is -0.120. The molecule has 0 aliphatic heterocycles. The molecule has 1 N–H and O–H groups in total. The van der Waals surface area contributed by atoms with E-state index in [4.69, 9.17) is 4.42 Å². The number of hydrogen-bond donors (Lipinski definition) is 1. The summed E-state index contributed by atoms with van der Waals surface area (Å²) in [5.74, 6) is 0.336. The van der Waals surface area contributed by atoms with Crippen LogP contribution in [0.15, 0.2) is 46.9 Å². The van der Waals surface area contributed by atoms with Crippen LogP contribution >= 0.6 is 0 Å². The highest BCUT2D eigenvalue weighted by molar-refractivity contribution is 5.78. The number of fused-ring (bicyclic) bond motifs is 1. The number of hydrogen-bond acceptors (Lipinski definition) is 3. The second kappa shape index (κ2) is 7.42. The lowest BCUT2D eigenvalue weighted by Crippen LogP contribution is -2.27. The van der Waals surface area contributed by atoms with Crippen LogP contribution in [0, 0.1) is 6.92 Å². The van der Waals surface area contributed by atoms with Crippen molar-refractivity contribution in [1.82, 2.24) is 10.3 Å². The smallest absolute Gasteiger partial charge is 0.263 e. The fourth-order valence-electron chi connectivity index (χ4n) is 2.63. The molecule has 25 heavy (non-hydrogen) atoms. The van der Waals surface area contributed by atoms with Crippen molar-refractivity contribution in [2.75, 3.05) is 6.54 Å². The van der Waals surface area contributed by atoms with Crippen LogP contribution in [0.4, 0.5) is 8.78 Å². The zero-order valence-electron chi connectivity index (χ0n) is 13.8. The number of carbonyl (C=O) groups excluding carboxylic acids is 1. The molecule has 0 saturated heterocycles. The van der Waals surface area contributed by atoms with E-state index in [9.17, 15) is 13.6 Å². The predicted molar refractivity (Wildman–Crippen MR) is 90.6 cm³/mol. The molecule has 2 aromatic carbocycles. The summed E-state index contributed by atoms with van der Waals surface area (Å²) in [7, 11) is 0. The summed E-state index contributed by atoms with van der Waals surface area (Å²) in [6.45, 7) is 2.34. The van der Waals surface area contributed by atoms with Crippen molar-refractivity contribution in [3.63, 3.8) is 0 Å². The largest absolute Gasteiger partial charge is 0.441 e. The predicted octanol–water partition coefficient (Wildman–Crippen LogP) is 3.98. The molecule has 6 heteroatoms. The first-order valence-electron chi connectivity index (χ1n) is 8.01. The highest BCUT2D eigenvalue weighted by Gasteiger charge is 2.10. The van der Waals surface area contributed by atoms with Gasteiger partial charge in [0.05, 0.1) is 6.42 Å². The summed E-state index contributed by atoms with van der Waals surface area (Å²) in [6, 6.07) is 11.6. The van der Waals surface area contributed by atoms with Gasteiger partial charge >= 0.3 is 0 Å². The minimum atomic E-state index is -2.54. The Kier molecular flexibility index (Phi) is 5.07. The second-order valence-corrected chi connectivity index (χ2v) is 5.85. The molecule has 0 bridgehead atoms. The van der Waals surface area contributed by atoms with Gasteiger partial charge in [-0.3, -0.25) is 4.79 Å². The summed E-state index contributed by atoms with van der Waals surface area (Å²) < 4.78 is 31.0. The second-order valence-electron chi connectivity index (χ2n) is 5.85. The zero-order chi connectivity index (χ0) is 17.8. The number of nitrogens with one attached hydrogen (secondary N) is 1. The van der Waals surface area contributed by atoms with E-state index in [1.165, 1.54) is 18.2 Å². The summed E-state index contributed by atoms with van der Waals surface area (Å²) in [6.07, 6.45) is -2.00. The first kappa shape index (κ1) is 17.1. The summed E-state index contributed by atoms with van der Waals surface area (Å²) in [4.78, 5) is 16.4. The van der Waals surface area contributed by atoms with E-state index in [1.807, 2.05) is 25.1 Å². The summed E-state index contributed by atoms with van der Waals surface area (Å²) in [5, 5.41) is 2.76. The fourth-order valence-corrected chi connectivity index (χ4v) is 2.63. The number of aromatic nitrogens is 1. The van der Waals surface area contributed by atoms with E-state index >= 15 is 0 Å². The Hall–Kier alpha value is -2.76. The van der Waals surface area contributed by atoms with Crippen molar-refractivity contribution in [2.24, 2.45) is 0 Å². The number of rotatable bonds is 6. The number of carbonyl (C=O) groups is 1. The van der Waals surface area contributed by atoms with Crippen LogP contribution in [-0.2, 0) is 17.6 Å². The zero-order valence-corrected chi connectivity index (χ0v) is 13.8. The van der Waals surface area contributed by atoms with Crippen LogP contribution in [0.2, 0.25) is 0 Å². The van der Waals surface area contributed by atoms with Gasteiger partial charge in [0.1, 0.15) is 5.52 Å². The average Bonchev–Trinajstić information content (AvgIpc) is 2.99. The molecule has 0 unspecified atom stereocenters. The van der Waals surface area contributed by atoms with Crippen molar-refractivity contribution >= 4 is 17.0 Å². The van der Waals surface area contributed by atoms with Crippen LogP contribution in [-0.4, -0.2) is 17.4 Å². The van der Waals surface area contributed by atoms with Crippen LogP contribution in [0.3, 0.4) is 0 Å². The van der Waals surface area contributed by atoms with E-state index in [0.29, 0.717) is 24.4 Å². The first-order valence-corrected chi connectivity index (χ1v) is 8.01. The van der Waals surface area contributed by atoms with Crippen LogP contribution in [0.5, 0.6) is 0 Å². The molecular formula is C19H18F2N2O2.